The molecule has 2 aromatic rings. The van der Waals surface area contributed by atoms with Gasteiger partial charge in [-0.3, -0.25) is 14.7 Å². The van der Waals surface area contributed by atoms with Crippen LogP contribution in [0.1, 0.15) is 38.1 Å². The van der Waals surface area contributed by atoms with Crippen molar-refractivity contribution in [3.8, 4) is 0 Å². The van der Waals surface area contributed by atoms with Crippen LogP contribution in [-0.2, 0) is 6.42 Å². The molecule has 0 aromatic carbocycles. The minimum Gasteiger partial charge on any atom is -0.366 e. The van der Waals surface area contributed by atoms with E-state index in [4.69, 9.17) is 11.6 Å². The molecule has 3 heterocycles. The summed E-state index contributed by atoms with van der Waals surface area (Å²) in [5.74, 6) is 0.487. The number of pyridine rings is 1. The van der Waals surface area contributed by atoms with Crippen molar-refractivity contribution in [2.24, 2.45) is 5.92 Å². The zero-order valence-electron chi connectivity index (χ0n) is 15.6. The van der Waals surface area contributed by atoms with Crippen molar-refractivity contribution in [3.63, 3.8) is 0 Å². The highest BCUT2D eigenvalue weighted by molar-refractivity contribution is 6.32. The van der Waals surface area contributed by atoms with Crippen molar-refractivity contribution >= 4 is 17.3 Å². The van der Waals surface area contributed by atoms with Crippen LogP contribution >= 0.6 is 11.6 Å². The van der Waals surface area contributed by atoms with Gasteiger partial charge in [-0.2, -0.15) is 5.10 Å². The number of anilines is 1. The predicted octanol–water partition coefficient (Wildman–Crippen LogP) is 2.90. The summed E-state index contributed by atoms with van der Waals surface area (Å²) in [5, 5.41) is 6.48. The minimum atomic E-state index is -0.338. The monoisotopic (exact) mass is 375 g/mol. The van der Waals surface area contributed by atoms with E-state index < -0.39 is 0 Å². The highest BCUT2D eigenvalue weighted by atomic mass is 35.5. The Labute approximate surface area is 159 Å². The maximum atomic E-state index is 11.7. The molecule has 3 rings (SSSR count). The first-order valence-electron chi connectivity index (χ1n) is 9.18. The van der Waals surface area contributed by atoms with Crippen LogP contribution < -0.4 is 10.5 Å². The van der Waals surface area contributed by atoms with Crippen molar-refractivity contribution < 1.29 is 0 Å². The highest BCUT2D eigenvalue weighted by Crippen LogP contribution is 2.32. The number of aromatic nitrogens is 3. The Morgan fingerprint density at radius 3 is 2.65 bits per heavy atom. The van der Waals surface area contributed by atoms with Gasteiger partial charge < -0.3 is 4.90 Å². The molecular weight excluding hydrogens is 350 g/mol. The van der Waals surface area contributed by atoms with E-state index in [1.165, 1.54) is 11.3 Å². The third-order valence-corrected chi connectivity index (χ3v) is 5.40. The van der Waals surface area contributed by atoms with E-state index in [1.54, 1.807) is 6.20 Å². The molecular formula is C19H26ClN5O. The second-order valence-corrected chi connectivity index (χ2v) is 7.38. The van der Waals surface area contributed by atoms with Gasteiger partial charge in [-0.15, -0.1) is 0 Å². The van der Waals surface area contributed by atoms with Crippen LogP contribution in [0, 0.1) is 5.92 Å². The summed E-state index contributed by atoms with van der Waals surface area (Å²) in [6.07, 6.45) is 4.45. The molecule has 0 bridgehead atoms. The molecule has 0 amide bonds. The number of aryl methyl sites for hydroxylation is 1. The summed E-state index contributed by atoms with van der Waals surface area (Å²) in [6.45, 7) is 10.1. The zero-order valence-corrected chi connectivity index (χ0v) is 16.3. The number of H-pyrrole nitrogens is 1. The fourth-order valence-electron chi connectivity index (χ4n) is 3.83. The van der Waals surface area contributed by atoms with Crippen LogP contribution in [0.25, 0.3) is 0 Å². The molecule has 1 aliphatic rings. The van der Waals surface area contributed by atoms with Gasteiger partial charge in [0.2, 0.25) is 0 Å². The predicted molar refractivity (Wildman–Crippen MR) is 105 cm³/mol. The van der Waals surface area contributed by atoms with Crippen molar-refractivity contribution in [2.45, 2.75) is 33.2 Å². The SMILES string of the molecule is CCc1ncccc1[C@H](C(C)C)N1CCN(c2cn[nH]c(=O)c2Cl)CC1. The molecule has 0 radical (unpaired) electrons. The lowest BCUT2D eigenvalue weighted by molar-refractivity contribution is 0.145. The molecule has 6 nitrogen and oxygen atoms in total. The van der Waals surface area contributed by atoms with Crippen LogP contribution in [0.4, 0.5) is 5.69 Å². The topological polar surface area (TPSA) is 65.1 Å². The Hall–Kier alpha value is -1.92. The molecule has 26 heavy (non-hydrogen) atoms. The Morgan fingerprint density at radius 2 is 2.00 bits per heavy atom. The Balaban J connectivity index is 1.79. The Kier molecular flexibility index (Phi) is 5.94. The van der Waals surface area contributed by atoms with Gasteiger partial charge in [0, 0.05) is 44.1 Å². The average molecular weight is 376 g/mol. The van der Waals surface area contributed by atoms with E-state index in [0.717, 1.165) is 32.6 Å². The van der Waals surface area contributed by atoms with E-state index >= 15 is 0 Å². The van der Waals surface area contributed by atoms with Crippen LogP contribution in [-0.4, -0.2) is 46.3 Å². The number of nitrogens with zero attached hydrogens (tertiary/aromatic N) is 4. The van der Waals surface area contributed by atoms with Gasteiger partial charge in [-0.1, -0.05) is 38.4 Å². The number of hydrogen-bond donors (Lipinski definition) is 1. The smallest absolute Gasteiger partial charge is 0.285 e. The van der Waals surface area contributed by atoms with Gasteiger partial charge in [0.1, 0.15) is 5.02 Å². The number of nitrogens with one attached hydrogen (secondary N) is 1. The van der Waals surface area contributed by atoms with Gasteiger partial charge in [0.05, 0.1) is 11.9 Å². The lowest BCUT2D eigenvalue weighted by atomic mass is 9.92. The van der Waals surface area contributed by atoms with Crippen molar-refractivity contribution in [3.05, 3.63) is 51.2 Å². The van der Waals surface area contributed by atoms with E-state index in [-0.39, 0.29) is 10.6 Å². The fourth-order valence-corrected chi connectivity index (χ4v) is 4.04. The number of halogens is 1. The molecule has 1 fully saturated rings. The van der Waals surface area contributed by atoms with Gasteiger partial charge in [-0.25, -0.2) is 5.10 Å². The summed E-state index contributed by atoms with van der Waals surface area (Å²) in [6, 6.07) is 4.58. The van der Waals surface area contributed by atoms with Gasteiger partial charge in [0.15, 0.2) is 0 Å². The lowest BCUT2D eigenvalue weighted by Crippen LogP contribution is -2.49. The summed E-state index contributed by atoms with van der Waals surface area (Å²) >= 11 is 6.16. The quantitative estimate of drug-likeness (QED) is 0.870. The molecule has 0 spiro atoms. The molecule has 1 saturated heterocycles. The standard InChI is InChI=1S/C19H26ClN5O/c1-4-15-14(6-5-7-21-15)18(13(2)3)25-10-8-24(9-11-25)16-12-22-23-19(26)17(16)20/h5-7,12-13,18H,4,8-11H2,1-3H3,(H,23,26)/t18-/m0/s1. The van der Waals surface area contributed by atoms with E-state index in [9.17, 15) is 4.79 Å². The summed E-state index contributed by atoms with van der Waals surface area (Å²) in [7, 11) is 0. The van der Waals surface area contributed by atoms with Crippen LogP contribution in [0.3, 0.4) is 0 Å². The Morgan fingerprint density at radius 1 is 1.27 bits per heavy atom. The van der Waals surface area contributed by atoms with Crippen molar-refractivity contribution in [2.75, 3.05) is 31.1 Å². The molecule has 0 saturated carbocycles. The van der Waals surface area contributed by atoms with Crippen molar-refractivity contribution in [1.82, 2.24) is 20.1 Å². The molecule has 0 unspecified atom stereocenters. The lowest BCUT2D eigenvalue weighted by Gasteiger charge is -2.42. The summed E-state index contributed by atoms with van der Waals surface area (Å²) in [4.78, 5) is 20.9. The van der Waals surface area contributed by atoms with Gasteiger partial charge in [-0.05, 0) is 24.0 Å². The van der Waals surface area contributed by atoms with Crippen LogP contribution in [0.2, 0.25) is 5.02 Å². The first-order valence-corrected chi connectivity index (χ1v) is 9.56. The molecule has 2 aromatic heterocycles. The molecule has 1 atom stereocenters. The molecule has 7 heteroatoms. The highest BCUT2D eigenvalue weighted by Gasteiger charge is 2.29. The van der Waals surface area contributed by atoms with E-state index in [0.29, 0.717) is 17.6 Å². The number of aromatic amines is 1. The number of rotatable bonds is 5. The maximum absolute atomic E-state index is 11.7. The largest absolute Gasteiger partial charge is 0.366 e. The van der Waals surface area contributed by atoms with Crippen molar-refractivity contribution in [1.29, 1.82) is 0 Å². The van der Waals surface area contributed by atoms with E-state index in [1.807, 2.05) is 12.3 Å². The number of hydrogen-bond acceptors (Lipinski definition) is 5. The fraction of sp³-hybridized carbons (Fsp3) is 0.526. The Bertz CT molecular complexity index is 799. The second kappa shape index (κ2) is 8.18. The molecule has 1 N–H and O–H groups in total. The molecule has 140 valence electrons. The zero-order chi connectivity index (χ0) is 18.7. The third-order valence-electron chi connectivity index (χ3n) is 5.04. The second-order valence-electron chi connectivity index (χ2n) is 7.00. The van der Waals surface area contributed by atoms with Gasteiger partial charge in [0.25, 0.3) is 5.56 Å². The van der Waals surface area contributed by atoms with E-state index in [2.05, 4.69) is 51.8 Å². The van der Waals surface area contributed by atoms with Crippen LogP contribution in [0.5, 0.6) is 0 Å². The normalized spacial score (nSPS) is 16.9. The average Bonchev–Trinajstić information content (AvgIpc) is 2.65. The first kappa shape index (κ1) is 18.9. The minimum absolute atomic E-state index is 0.217. The summed E-state index contributed by atoms with van der Waals surface area (Å²) in [5.41, 5.74) is 2.88. The summed E-state index contributed by atoms with van der Waals surface area (Å²) < 4.78 is 0. The number of piperazine rings is 1. The molecule has 0 aliphatic carbocycles. The van der Waals surface area contributed by atoms with Crippen LogP contribution in [0.15, 0.2) is 29.3 Å². The van der Waals surface area contributed by atoms with Gasteiger partial charge >= 0.3 is 0 Å². The molecule has 1 aliphatic heterocycles. The maximum Gasteiger partial charge on any atom is 0.285 e. The third kappa shape index (κ3) is 3.76. The first-order chi connectivity index (χ1) is 12.5.